The number of nitrogens with two attached hydrogens (primary N) is 1. The maximum absolute atomic E-state index is 12.8. The van der Waals surface area contributed by atoms with Crippen molar-refractivity contribution in [2.75, 3.05) is 10.6 Å². The van der Waals surface area contributed by atoms with Crippen molar-refractivity contribution in [2.45, 2.75) is 19.9 Å². The zero-order valence-electron chi connectivity index (χ0n) is 20.0. The highest BCUT2D eigenvalue weighted by Gasteiger charge is 2.23. The average Bonchev–Trinajstić information content (AvgIpc) is 3.40. The number of nitriles is 1. The predicted octanol–water partition coefficient (Wildman–Crippen LogP) is 4.85. The molecular formula is C27H24ClN5O4. The lowest BCUT2D eigenvalue weighted by molar-refractivity contribution is -0.117. The number of hydrogen-bond acceptors (Lipinski definition) is 7. The minimum absolute atomic E-state index is 0. The number of anilines is 2. The number of furan rings is 1. The molecule has 0 aliphatic carbocycles. The van der Waals surface area contributed by atoms with Gasteiger partial charge in [-0.15, -0.1) is 12.4 Å². The second kappa shape index (κ2) is 11.4. The average molecular weight is 518 g/mol. The minimum atomic E-state index is -0.706. The number of para-hydroxylation sites is 1. The lowest BCUT2D eigenvalue weighted by atomic mass is 9.92. The molecule has 0 saturated carbocycles. The molecule has 2 amide bonds. The smallest absolute Gasteiger partial charge is 0.292 e. The molecule has 1 atom stereocenters. The van der Waals surface area contributed by atoms with Gasteiger partial charge in [0.25, 0.3) is 5.91 Å². The van der Waals surface area contributed by atoms with Gasteiger partial charge in [0.05, 0.1) is 18.0 Å². The highest BCUT2D eigenvalue weighted by molar-refractivity contribution is 6.03. The van der Waals surface area contributed by atoms with E-state index in [4.69, 9.17) is 10.2 Å². The van der Waals surface area contributed by atoms with Crippen LogP contribution in [0.2, 0.25) is 0 Å². The first-order valence-corrected chi connectivity index (χ1v) is 11.0. The normalized spacial score (nSPS) is 11.1. The number of nitrogens with zero attached hydrogens (tertiary/aromatic N) is 2. The standard InChI is InChI=1S/C27H23N5O4.ClH/c1-15-23(17-7-5-8-18(13-17)30-26(34)16(2)29)20(14-28)25(32-27(35)22-11-6-12-36-22)31-24(15)19-9-3-4-10-21(19)33;/h3-13,16,33H,29H2,1-2H3,(H,30,34)(H,31,32,35);1H. The first-order chi connectivity index (χ1) is 17.3. The third kappa shape index (κ3) is 5.62. The summed E-state index contributed by atoms with van der Waals surface area (Å²) in [5.41, 5.74) is 8.75. The van der Waals surface area contributed by atoms with Crippen molar-refractivity contribution in [2.24, 2.45) is 5.73 Å². The number of aromatic nitrogens is 1. The zero-order valence-corrected chi connectivity index (χ0v) is 20.8. The third-order valence-corrected chi connectivity index (χ3v) is 5.52. The minimum Gasteiger partial charge on any atom is -0.507 e. The Balaban J connectivity index is 0.00000380. The Morgan fingerprint density at radius 1 is 1.11 bits per heavy atom. The second-order valence-electron chi connectivity index (χ2n) is 8.10. The summed E-state index contributed by atoms with van der Waals surface area (Å²) in [5.74, 6) is -0.902. The molecule has 0 fully saturated rings. The van der Waals surface area contributed by atoms with Gasteiger partial charge in [-0.3, -0.25) is 9.59 Å². The monoisotopic (exact) mass is 517 g/mol. The molecule has 0 spiro atoms. The largest absolute Gasteiger partial charge is 0.507 e. The number of pyridine rings is 1. The number of carbonyl (C=O) groups is 2. The Labute approximate surface area is 219 Å². The van der Waals surface area contributed by atoms with Crippen LogP contribution in [0.1, 0.15) is 28.6 Å². The summed E-state index contributed by atoms with van der Waals surface area (Å²) in [5, 5.41) is 26.1. The SMILES string of the molecule is Cc1c(-c2ccccc2O)nc(NC(=O)c2ccco2)c(C#N)c1-c1cccc(NC(=O)C(C)N)c1.Cl. The van der Waals surface area contributed by atoms with E-state index in [-0.39, 0.29) is 41.2 Å². The fraction of sp³-hybridized carbons (Fsp3) is 0.111. The summed E-state index contributed by atoms with van der Waals surface area (Å²) in [4.78, 5) is 29.5. The van der Waals surface area contributed by atoms with E-state index in [9.17, 15) is 20.0 Å². The van der Waals surface area contributed by atoms with E-state index in [0.717, 1.165) is 0 Å². The van der Waals surface area contributed by atoms with Crippen molar-refractivity contribution in [3.63, 3.8) is 0 Å². The Morgan fingerprint density at radius 2 is 1.86 bits per heavy atom. The van der Waals surface area contributed by atoms with Crippen LogP contribution in [0.3, 0.4) is 0 Å². The number of rotatable bonds is 6. The van der Waals surface area contributed by atoms with Gasteiger partial charge in [-0.05, 0) is 61.4 Å². The van der Waals surface area contributed by atoms with E-state index in [1.54, 1.807) is 62.4 Å². The van der Waals surface area contributed by atoms with Crippen LogP contribution < -0.4 is 16.4 Å². The Kier molecular flexibility index (Phi) is 8.30. The number of carbonyl (C=O) groups excluding carboxylic acids is 2. The number of phenols is 1. The topological polar surface area (TPSA) is 154 Å². The number of phenolic OH excluding ortho intramolecular Hbond substituents is 1. The molecule has 0 aliphatic rings. The summed E-state index contributed by atoms with van der Waals surface area (Å²) < 4.78 is 5.17. The van der Waals surface area contributed by atoms with Gasteiger partial charge in [-0.25, -0.2) is 4.98 Å². The first kappa shape index (κ1) is 26.9. The van der Waals surface area contributed by atoms with Gasteiger partial charge in [0.1, 0.15) is 17.4 Å². The predicted molar refractivity (Wildman–Crippen MR) is 142 cm³/mol. The van der Waals surface area contributed by atoms with E-state index in [0.29, 0.717) is 33.6 Å². The van der Waals surface area contributed by atoms with Gasteiger partial charge in [-0.1, -0.05) is 24.3 Å². The Bertz CT molecular complexity index is 1490. The molecule has 10 heteroatoms. The number of benzene rings is 2. The van der Waals surface area contributed by atoms with Crippen LogP contribution in [-0.2, 0) is 4.79 Å². The molecule has 2 aromatic carbocycles. The molecule has 37 heavy (non-hydrogen) atoms. The van der Waals surface area contributed by atoms with Gasteiger partial charge in [-0.2, -0.15) is 5.26 Å². The maximum Gasteiger partial charge on any atom is 0.292 e. The zero-order chi connectivity index (χ0) is 25.8. The van der Waals surface area contributed by atoms with Crippen molar-refractivity contribution >= 4 is 35.7 Å². The molecular weight excluding hydrogens is 494 g/mol. The molecule has 9 nitrogen and oxygen atoms in total. The van der Waals surface area contributed by atoms with Gasteiger partial charge in [0, 0.05) is 16.8 Å². The van der Waals surface area contributed by atoms with E-state index >= 15 is 0 Å². The first-order valence-electron chi connectivity index (χ1n) is 11.0. The van der Waals surface area contributed by atoms with Gasteiger partial charge < -0.3 is 25.9 Å². The number of hydrogen-bond donors (Lipinski definition) is 4. The van der Waals surface area contributed by atoms with Crippen molar-refractivity contribution in [3.8, 4) is 34.2 Å². The van der Waals surface area contributed by atoms with E-state index in [1.165, 1.54) is 18.4 Å². The molecule has 4 aromatic rings. The van der Waals surface area contributed by atoms with Crippen LogP contribution in [0.4, 0.5) is 11.5 Å². The molecule has 5 N–H and O–H groups in total. The second-order valence-corrected chi connectivity index (χ2v) is 8.10. The fourth-order valence-corrected chi connectivity index (χ4v) is 3.76. The van der Waals surface area contributed by atoms with Crippen LogP contribution in [-0.4, -0.2) is 27.9 Å². The number of halogens is 1. The van der Waals surface area contributed by atoms with Gasteiger partial charge in [0.15, 0.2) is 11.6 Å². The van der Waals surface area contributed by atoms with Crippen molar-refractivity contribution in [1.29, 1.82) is 5.26 Å². The quantitative estimate of drug-likeness (QED) is 0.285. The lowest BCUT2D eigenvalue weighted by Crippen LogP contribution is -2.32. The molecule has 0 radical (unpaired) electrons. The van der Waals surface area contributed by atoms with Crippen LogP contribution in [0, 0.1) is 18.3 Å². The molecule has 2 heterocycles. The summed E-state index contributed by atoms with van der Waals surface area (Å²) in [6, 6.07) is 18.1. The maximum atomic E-state index is 12.8. The summed E-state index contributed by atoms with van der Waals surface area (Å²) >= 11 is 0. The van der Waals surface area contributed by atoms with Crippen LogP contribution in [0.15, 0.2) is 71.3 Å². The summed E-state index contributed by atoms with van der Waals surface area (Å²) in [6.07, 6.45) is 1.36. The van der Waals surface area contributed by atoms with Crippen molar-refractivity contribution in [3.05, 3.63) is 83.8 Å². The third-order valence-electron chi connectivity index (χ3n) is 5.52. The molecule has 0 saturated heterocycles. The Morgan fingerprint density at radius 3 is 2.51 bits per heavy atom. The van der Waals surface area contributed by atoms with Crippen LogP contribution in [0.5, 0.6) is 5.75 Å². The van der Waals surface area contributed by atoms with Crippen molar-refractivity contribution < 1.29 is 19.1 Å². The number of aromatic hydroxyl groups is 1. The Hall–Kier alpha value is -4.65. The number of amides is 2. The lowest BCUT2D eigenvalue weighted by Gasteiger charge is -2.18. The highest BCUT2D eigenvalue weighted by atomic mass is 35.5. The summed E-state index contributed by atoms with van der Waals surface area (Å²) in [6.45, 7) is 3.35. The van der Waals surface area contributed by atoms with Gasteiger partial charge in [0.2, 0.25) is 5.91 Å². The van der Waals surface area contributed by atoms with Crippen LogP contribution in [0.25, 0.3) is 22.4 Å². The van der Waals surface area contributed by atoms with E-state index in [2.05, 4.69) is 21.7 Å². The molecule has 2 aromatic heterocycles. The molecule has 1 unspecified atom stereocenters. The van der Waals surface area contributed by atoms with E-state index < -0.39 is 11.9 Å². The molecule has 0 bridgehead atoms. The summed E-state index contributed by atoms with van der Waals surface area (Å²) in [7, 11) is 0. The fourth-order valence-electron chi connectivity index (χ4n) is 3.76. The molecule has 0 aliphatic heterocycles. The number of nitrogens with one attached hydrogen (secondary N) is 2. The molecule has 188 valence electrons. The molecule has 4 rings (SSSR count). The van der Waals surface area contributed by atoms with Gasteiger partial charge >= 0.3 is 0 Å². The van der Waals surface area contributed by atoms with Crippen molar-refractivity contribution in [1.82, 2.24) is 4.98 Å². The van der Waals surface area contributed by atoms with E-state index in [1.807, 2.05) is 0 Å². The van der Waals surface area contributed by atoms with Crippen LogP contribution >= 0.6 is 12.4 Å². The highest BCUT2D eigenvalue weighted by Crippen LogP contribution is 2.39.